The van der Waals surface area contributed by atoms with Crippen LogP contribution in [0, 0.1) is 11.3 Å². The average molecular weight is 339 g/mol. The summed E-state index contributed by atoms with van der Waals surface area (Å²) in [5.41, 5.74) is 0.710. The zero-order valence-electron chi connectivity index (χ0n) is 13.5. The standard InChI is InChI=1S/C17H23ClN2O3/c1-11(2)7-15(22)20-12-3-4-14(18)13(8-12)16(23)19-9-17(10-21)5-6-17/h3-4,8,11,21H,5-7,9-10H2,1-2H3,(H,19,23)(H,20,22). The van der Waals surface area contributed by atoms with E-state index in [-0.39, 0.29) is 29.8 Å². The highest BCUT2D eigenvalue weighted by molar-refractivity contribution is 6.34. The van der Waals surface area contributed by atoms with E-state index < -0.39 is 0 Å². The molecule has 2 rings (SSSR count). The van der Waals surface area contributed by atoms with E-state index in [0.29, 0.717) is 29.2 Å². The molecular formula is C17H23ClN2O3. The van der Waals surface area contributed by atoms with E-state index in [1.165, 1.54) is 0 Å². The van der Waals surface area contributed by atoms with E-state index in [0.717, 1.165) is 12.8 Å². The Bertz CT molecular complexity index is 598. The zero-order chi connectivity index (χ0) is 17.0. The minimum Gasteiger partial charge on any atom is -0.396 e. The van der Waals surface area contributed by atoms with Gasteiger partial charge < -0.3 is 15.7 Å². The van der Waals surface area contributed by atoms with Crippen LogP contribution in [0.25, 0.3) is 0 Å². The fourth-order valence-electron chi connectivity index (χ4n) is 2.29. The molecule has 0 atom stereocenters. The Morgan fingerprint density at radius 3 is 2.61 bits per heavy atom. The Labute approximate surface area is 141 Å². The summed E-state index contributed by atoms with van der Waals surface area (Å²) in [6.07, 6.45) is 2.26. The van der Waals surface area contributed by atoms with Crippen molar-refractivity contribution in [2.24, 2.45) is 11.3 Å². The van der Waals surface area contributed by atoms with Crippen LogP contribution in [0.5, 0.6) is 0 Å². The Kier molecular flexibility index (Phi) is 5.65. The molecule has 2 amide bonds. The lowest BCUT2D eigenvalue weighted by atomic mass is 10.1. The van der Waals surface area contributed by atoms with E-state index in [1.54, 1.807) is 18.2 Å². The lowest BCUT2D eigenvalue weighted by molar-refractivity contribution is -0.116. The molecule has 0 spiro atoms. The molecule has 1 fully saturated rings. The number of anilines is 1. The number of hydrogen-bond acceptors (Lipinski definition) is 3. The van der Waals surface area contributed by atoms with E-state index in [1.807, 2.05) is 13.8 Å². The van der Waals surface area contributed by atoms with Gasteiger partial charge >= 0.3 is 0 Å². The van der Waals surface area contributed by atoms with E-state index in [2.05, 4.69) is 10.6 Å². The third kappa shape index (κ3) is 4.94. The molecule has 1 saturated carbocycles. The molecular weight excluding hydrogens is 316 g/mol. The van der Waals surface area contributed by atoms with Gasteiger partial charge in [-0.15, -0.1) is 0 Å². The summed E-state index contributed by atoms with van der Waals surface area (Å²) < 4.78 is 0. The number of rotatable bonds is 7. The van der Waals surface area contributed by atoms with Crippen molar-refractivity contribution in [1.82, 2.24) is 5.32 Å². The summed E-state index contributed by atoms with van der Waals surface area (Å²) in [5, 5.41) is 15.2. The number of halogens is 1. The highest BCUT2D eigenvalue weighted by Crippen LogP contribution is 2.44. The summed E-state index contributed by atoms with van der Waals surface area (Å²) in [6.45, 7) is 4.44. The van der Waals surface area contributed by atoms with Crippen molar-refractivity contribution >= 4 is 29.1 Å². The first-order valence-electron chi connectivity index (χ1n) is 7.84. The molecule has 1 aliphatic carbocycles. The lowest BCUT2D eigenvalue weighted by Gasteiger charge is -2.14. The SMILES string of the molecule is CC(C)CC(=O)Nc1ccc(Cl)c(C(=O)NCC2(CO)CC2)c1. The summed E-state index contributed by atoms with van der Waals surface area (Å²) in [6, 6.07) is 4.85. The van der Waals surface area contributed by atoms with Crippen molar-refractivity contribution < 1.29 is 14.7 Å². The van der Waals surface area contributed by atoms with Gasteiger partial charge in [-0.3, -0.25) is 9.59 Å². The first-order valence-corrected chi connectivity index (χ1v) is 8.21. The second kappa shape index (κ2) is 7.32. The predicted octanol–water partition coefficient (Wildman–Crippen LogP) is 2.83. The van der Waals surface area contributed by atoms with Crippen LogP contribution in [0.15, 0.2) is 18.2 Å². The van der Waals surface area contributed by atoms with Gasteiger partial charge in [0, 0.05) is 24.1 Å². The molecule has 126 valence electrons. The minimum atomic E-state index is -0.297. The number of aliphatic hydroxyl groups excluding tert-OH is 1. The summed E-state index contributed by atoms with van der Waals surface area (Å²) in [5.74, 6) is -0.126. The second-order valence-corrected chi connectivity index (χ2v) is 7.09. The monoisotopic (exact) mass is 338 g/mol. The molecule has 23 heavy (non-hydrogen) atoms. The molecule has 0 heterocycles. The molecule has 1 aliphatic rings. The largest absolute Gasteiger partial charge is 0.396 e. The van der Waals surface area contributed by atoms with Crippen molar-refractivity contribution in [1.29, 1.82) is 0 Å². The molecule has 0 radical (unpaired) electrons. The predicted molar refractivity (Wildman–Crippen MR) is 90.6 cm³/mol. The van der Waals surface area contributed by atoms with Crippen LogP contribution in [0.2, 0.25) is 5.02 Å². The molecule has 0 saturated heterocycles. The third-order valence-corrected chi connectivity index (χ3v) is 4.33. The number of amides is 2. The summed E-state index contributed by atoms with van der Waals surface area (Å²) in [4.78, 5) is 24.1. The van der Waals surface area contributed by atoms with Crippen molar-refractivity contribution in [3.05, 3.63) is 28.8 Å². The van der Waals surface area contributed by atoms with Gasteiger partial charge in [-0.25, -0.2) is 0 Å². The molecule has 1 aromatic rings. The van der Waals surface area contributed by atoms with Crippen LogP contribution in [0.4, 0.5) is 5.69 Å². The Hall–Kier alpha value is -1.59. The smallest absolute Gasteiger partial charge is 0.252 e. The Morgan fingerprint density at radius 2 is 2.04 bits per heavy atom. The zero-order valence-corrected chi connectivity index (χ0v) is 14.2. The first kappa shape index (κ1) is 17.8. The highest BCUT2D eigenvalue weighted by atomic mass is 35.5. The average Bonchev–Trinajstić information content (AvgIpc) is 3.26. The minimum absolute atomic E-state index is 0.0757. The van der Waals surface area contributed by atoms with Gasteiger partial charge in [0.1, 0.15) is 0 Å². The Balaban J connectivity index is 2.01. The van der Waals surface area contributed by atoms with Gasteiger partial charge in [0.2, 0.25) is 5.91 Å². The van der Waals surface area contributed by atoms with Gasteiger partial charge in [-0.05, 0) is 37.0 Å². The van der Waals surface area contributed by atoms with Gasteiger partial charge in [0.15, 0.2) is 0 Å². The quantitative estimate of drug-likeness (QED) is 0.715. The second-order valence-electron chi connectivity index (χ2n) is 6.68. The third-order valence-electron chi connectivity index (χ3n) is 4.00. The highest BCUT2D eigenvalue weighted by Gasteiger charge is 2.42. The van der Waals surface area contributed by atoms with Crippen molar-refractivity contribution in [2.75, 3.05) is 18.5 Å². The lowest BCUT2D eigenvalue weighted by Crippen LogP contribution is -2.32. The molecule has 0 aliphatic heterocycles. The maximum Gasteiger partial charge on any atom is 0.252 e. The molecule has 0 bridgehead atoms. The van der Waals surface area contributed by atoms with Gasteiger partial charge in [0.05, 0.1) is 17.2 Å². The van der Waals surface area contributed by atoms with Crippen LogP contribution in [-0.4, -0.2) is 30.1 Å². The molecule has 0 unspecified atom stereocenters. The Morgan fingerprint density at radius 1 is 1.35 bits per heavy atom. The molecule has 6 heteroatoms. The van der Waals surface area contributed by atoms with Crippen LogP contribution in [-0.2, 0) is 4.79 Å². The van der Waals surface area contributed by atoms with Gasteiger partial charge in [0.25, 0.3) is 5.91 Å². The molecule has 5 nitrogen and oxygen atoms in total. The van der Waals surface area contributed by atoms with Crippen LogP contribution in [0.3, 0.4) is 0 Å². The van der Waals surface area contributed by atoms with Gasteiger partial charge in [-0.1, -0.05) is 25.4 Å². The van der Waals surface area contributed by atoms with Crippen molar-refractivity contribution in [3.8, 4) is 0 Å². The fraction of sp³-hybridized carbons (Fsp3) is 0.529. The maximum atomic E-state index is 12.3. The van der Waals surface area contributed by atoms with Gasteiger partial charge in [-0.2, -0.15) is 0 Å². The number of carbonyl (C=O) groups is 2. The molecule has 3 N–H and O–H groups in total. The van der Waals surface area contributed by atoms with Crippen LogP contribution in [0.1, 0.15) is 43.5 Å². The van der Waals surface area contributed by atoms with E-state index in [9.17, 15) is 14.7 Å². The maximum absolute atomic E-state index is 12.3. The van der Waals surface area contributed by atoms with Crippen LogP contribution < -0.4 is 10.6 Å². The number of nitrogens with one attached hydrogen (secondary N) is 2. The first-order chi connectivity index (χ1) is 10.8. The molecule has 1 aromatic carbocycles. The number of aliphatic hydroxyl groups is 1. The number of carbonyl (C=O) groups excluding carboxylic acids is 2. The summed E-state index contributed by atoms with van der Waals surface area (Å²) >= 11 is 6.09. The number of benzene rings is 1. The van der Waals surface area contributed by atoms with Crippen molar-refractivity contribution in [2.45, 2.75) is 33.1 Å². The van der Waals surface area contributed by atoms with E-state index >= 15 is 0 Å². The topological polar surface area (TPSA) is 78.4 Å². The van der Waals surface area contributed by atoms with Crippen LogP contribution >= 0.6 is 11.6 Å². The van der Waals surface area contributed by atoms with E-state index in [4.69, 9.17) is 11.6 Å². The van der Waals surface area contributed by atoms with Crippen molar-refractivity contribution in [3.63, 3.8) is 0 Å². The number of hydrogen-bond donors (Lipinski definition) is 3. The summed E-state index contributed by atoms with van der Waals surface area (Å²) in [7, 11) is 0. The molecule has 0 aromatic heterocycles. The normalized spacial score (nSPS) is 15.3. The fourth-order valence-corrected chi connectivity index (χ4v) is 2.49.